The summed E-state index contributed by atoms with van der Waals surface area (Å²) < 4.78 is 16.5. The van der Waals surface area contributed by atoms with E-state index >= 15 is 0 Å². The molecule has 0 saturated carbocycles. The van der Waals surface area contributed by atoms with Crippen molar-refractivity contribution in [1.29, 1.82) is 0 Å². The van der Waals surface area contributed by atoms with Gasteiger partial charge in [-0.05, 0) is 48.7 Å². The maximum Gasteiger partial charge on any atom is 0.273 e. The van der Waals surface area contributed by atoms with Crippen LogP contribution in [0.5, 0.6) is 17.2 Å². The molecule has 2 N–H and O–H groups in total. The number of fused-ring (bicyclic) bond motifs is 1. The van der Waals surface area contributed by atoms with E-state index in [2.05, 4.69) is 16.8 Å². The highest BCUT2D eigenvalue weighted by Crippen LogP contribution is 2.46. The number of benzene rings is 2. The first-order chi connectivity index (χ1) is 16.4. The van der Waals surface area contributed by atoms with Gasteiger partial charge in [-0.2, -0.15) is 5.10 Å². The Morgan fingerprint density at radius 3 is 2.68 bits per heavy atom. The number of carbonyl (C=O) groups is 1. The summed E-state index contributed by atoms with van der Waals surface area (Å²) in [6.07, 6.45) is 1.66. The van der Waals surface area contributed by atoms with E-state index in [0.717, 1.165) is 16.7 Å². The normalized spacial score (nSPS) is 14.9. The van der Waals surface area contributed by atoms with Crippen LogP contribution in [0.1, 0.15) is 38.8 Å². The van der Waals surface area contributed by atoms with Crippen LogP contribution in [0.2, 0.25) is 0 Å². The Hall–Kier alpha value is -3.78. The van der Waals surface area contributed by atoms with Gasteiger partial charge >= 0.3 is 0 Å². The zero-order chi connectivity index (χ0) is 24.4. The Kier molecular flexibility index (Phi) is 6.61. The number of phenols is 1. The largest absolute Gasteiger partial charge is 0.507 e. The standard InChI is InChI=1S/C26H29N3O5/c1-6-10-34-19-8-7-17(14-20(19)33-5)25-22-23(21-16(3)12-15(2)13-18(21)30)27-28-24(22)26(31)29(25)9-11-32-4/h6-8,12-14,25,30H,1,9-11H2,2-5H3,(H,27,28). The van der Waals surface area contributed by atoms with Gasteiger partial charge in [-0.25, -0.2) is 0 Å². The van der Waals surface area contributed by atoms with Crippen molar-refractivity contribution in [3.05, 3.63) is 70.9 Å². The number of hydrogen-bond donors (Lipinski definition) is 2. The molecule has 1 atom stereocenters. The number of rotatable bonds is 9. The average molecular weight is 464 g/mol. The summed E-state index contributed by atoms with van der Waals surface area (Å²) in [4.78, 5) is 15.1. The zero-order valence-corrected chi connectivity index (χ0v) is 19.8. The molecule has 0 fully saturated rings. The van der Waals surface area contributed by atoms with Crippen LogP contribution in [0.3, 0.4) is 0 Å². The molecule has 1 unspecified atom stereocenters. The fourth-order valence-electron chi connectivity index (χ4n) is 4.53. The minimum Gasteiger partial charge on any atom is -0.507 e. The highest BCUT2D eigenvalue weighted by atomic mass is 16.5. The van der Waals surface area contributed by atoms with E-state index < -0.39 is 6.04 Å². The Morgan fingerprint density at radius 1 is 1.21 bits per heavy atom. The number of aromatic amines is 1. The van der Waals surface area contributed by atoms with Crippen LogP contribution < -0.4 is 9.47 Å². The maximum atomic E-state index is 13.4. The van der Waals surface area contributed by atoms with Gasteiger partial charge in [0.1, 0.15) is 23.7 Å². The summed E-state index contributed by atoms with van der Waals surface area (Å²) in [5.74, 6) is 1.08. The zero-order valence-electron chi connectivity index (χ0n) is 19.8. The third kappa shape index (κ3) is 4.01. The lowest BCUT2D eigenvalue weighted by Crippen LogP contribution is -2.32. The van der Waals surface area contributed by atoms with Crippen LogP contribution in [0.15, 0.2) is 43.0 Å². The molecular weight excluding hydrogens is 434 g/mol. The fraction of sp³-hybridized carbons (Fsp3) is 0.308. The number of aryl methyl sites for hydroxylation is 2. The molecule has 1 amide bonds. The van der Waals surface area contributed by atoms with E-state index in [4.69, 9.17) is 14.2 Å². The number of phenolic OH excluding ortho intramolecular Hbond substituents is 1. The van der Waals surface area contributed by atoms with Gasteiger partial charge in [0.25, 0.3) is 5.91 Å². The lowest BCUT2D eigenvalue weighted by Gasteiger charge is -2.27. The van der Waals surface area contributed by atoms with Gasteiger partial charge in [-0.15, -0.1) is 0 Å². The number of methoxy groups -OCH3 is 2. The van der Waals surface area contributed by atoms with Crippen LogP contribution in [0.25, 0.3) is 11.3 Å². The van der Waals surface area contributed by atoms with Crippen LogP contribution in [0, 0.1) is 13.8 Å². The predicted octanol–water partition coefficient (Wildman–Crippen LogP) is 4.16. The summed E-state index contributed by atoms with van der Waals surface area (Å²) in [6.45, 7) is 8.64. The number of hydrogen-bond acceptors (Lipinski definition) is 6. The molecule has 1 aliphatic rings. The number of carbonyl (C=O) groups excluding carboxylic acids is 1. The van der Waals surface area contributed by atoms with Crippen molar-refractivity contribution < 1.29 is 24.1 Å². The van der Waals surface area contributed by atoms with Gasteiger partial charge in [0.15, 0.2) is 11.5 Å². The van der Waals surface area contributed by atoms with Gasteiger partial charge in [-0.3, -0.25) is 9.89 Å². The van der Waals surface area contributed by atoms with Crippen molar-refractivity contribution in [2.24, 2.45) is 0 Å². The molecule has 3 aromatic rings. The first-order valence-corrected chi connectivity index (χ1v) is 11.0. The van der Waals surface area contributed by atoms with Crippen LogP contribution in [-0.4, -0.2) is 60.1 Å². The number of H-pyrrole nitrogens is 1. The average Bonchev–Trinajstić information content (AvgIpc) is 3.34. The molecule has 178 valence electrons. The van der Waals surface area contributed by atoms with Crippen LogP contribution in [0.4, 0.5) is 0 Å². The number of ether oxygens (including phenoxy) is 3. The first kappa shape index (κ1) is 23.4. The van der Waals surface area contributed by atoms with E-state index in [1.807, 2.05) is 38.1 Å². The second-order valence-corrected chi connectivity index (χ2v) is 8.24. The summed E-state index contributed by atoms with van der Waals surface area (Å²) in [7, 11) is 3.18. The summed E-state index contributed by atoms with van der Waals surface area (Å²) in [5.41, 5.74) is 4.92. The molecule has 2 aromatic carbocycles. The molecule has 0 bridgehead atoms. The van der Waals surface area contributed by atoms with E-state index in [9.17, 15) is 9.90 Å². The molecule has 8 heteroatoms. The first-order valence-electron chi connectivity index (χ1n) is 11.0. The molecule has 1 aromatic heterocycles. The summed E-state index contributed by atoms with van der Waals surface area (Å²) in [6, 6.07) is 8.83. The SMILES string of the molecule is C=CCOc1ccc(C2c3c(-c4c(C)cc(C)cc4O)n[nH]c3C(=O)N2CCOC)cc1OC. The Balaban J connectivity index is 1.88. The molecule has 1 aliphatic heterocycles. The second-order valence-electron chi connectivity index (χ2n) is 8.24. The van der Waals surface area contributed by atoms with E-state index in [1.54, 1.807) is 31.3 Å². The van der Waals surface area contributed by atoms with Gasteiger partial charge < -0.3 is 24.2 Å². The van der Waals surface area contributed by atoms with Gasteiger partial charge in [0.2, 0.25) is 0 Å². The van der Waals surface area contributed by atoms with E-state index in [0.29, 0.717) is 53.8 Å². The van der Waals surface area contributed by atoms with E-state index in [1.165, 1.54) is 0 Å². The van der Waals surface area contributed by atoms with Crippen LogP contribution >= 0.6 is 0 Å². The number of nitrogens with one attached hydrogen (secondary N) is 1. The number of aromatic hydroxyl groups is 1. The van der Waals surface area contributed by atoms with Crippen molar-refractivity contribution in [3.8, 4) is 28.5 Å². The number of nitrogens with zero attached hydrogens (tertiary/aromatic N) is 2. The minimum absolute atomic E-state index is 0.124. The van der Waals surface area contributed by atoms with Crippen molar-refractivity contribution in [1.82, 2.24) is 15.1 Å². The second kappa shape index (κ2) is 9.61. The molecule has 0 spiro atoms. The van der Waals surface area contributed by atoms with Crippen molar-refractivity contribution >= 4 is 5.91 Å². The predicted molar refractivity (Wildman–Crippen MR) is 129 cm³/mol. The molecular formula is C26H29N3O5. The summed E-state index contributed by atoms with van der Waals surface area (Å²) in [5, 5.41) is 18.2. The highest BCUT2D eigenvalue weighted by Gasteiger charge is 2.42. The van der Waals surface area contributed by atoms with Gasteiger partial charge in [0.05, 0.1) is 19.8 Å². The topological polar surface area (TPSA) is 96.9 Å². The molecule has 2 heterocycles. The van der Waals surface area contributed by atoms with Crippen molar-refractivity contribution in [2.45, 2.75) is 19.9 Å². The van der Waals surface area contributed by atoms with Gasteiger partial charge in [0, 0.05) is 24.8 Å². The third-order valence-corrected chi connectivity index (χ3v) is 5.96. The van der Waals surface area contributed by atoms with Gasteiger partial charge in [-0.1, -0.05) is 24.8 Å². The van der Waals surface area contributed by atoms with Crippen LogP contribution in [-0.2, 0) is 4.74 Å². The lowest BCUT2D eigenvalue weighted by atomic mass is 9.93. The van der Waals surface area contributed by atoms with Crippen molar-refractivity contribution in [3.63, 3.8) is 0 Å². The Morgan fingerprint density at radius 2 is 2.00 bits per heavy atom. The monoisotopic (exact) mass is 463 g/mol. The Labute approximate surface area is 198 Å². The summed E-state index contributed by atoms with van der Waals surface area (Å²) >= 11 is 0. The quantitative estimate of drug-likeness (QED) is 0.463. The molecule has 0 radical (unpaired) electrons. The molecule has 0 saturated heterocycles. The number of amides is 1. The highest BCUT2D eigenvalue weighted by molar-refractivity contribution is 6.00. The fourth-order valence-corrected chi connectivity index (χ4v) is 4.53. The lowest BCUT2D eigenvalue weighted by molar-refractivity contribution is 0.0677. The van der Waals surface area contributed by atoms with E-state index in [-0.39, 0.29) is 11.7 Å². The molecule has 8 nitrogen and oxygen atoms in total. The molecule has 34 heavy (non-hydrogen) atoms. The molecule has 0 aliphatic carbocycles. The Bertz CT molecular complexity index is 1210. The minimum atomic E-state index is -0.450. The third-order valence-electron chi connectivity index (χ3n) is 5.96. The maximum absolute atomic E-state index is 13.4. The number of aromatic nitrogens is 2. The molecule has 4 rings (SSSR count). The van der Waals surface area contributed by atoms with Crippen molar-refractivity contribution in [2.75, 3.05) is 34.0 Å². The smallest absolute Gasteiger partial charge is 0.273 e.